The molecule has 0 bridgehead atoms. The van der Waals surface area contributed by atoms with E-state index in [0.717, 1.165) is 17.6 Å². The molecule has 150 valence electrons. The molecule has 0 aliphatic heterocycles. The molecule has 0 aliphatic rings. The summed E-state index contributed by atoms with van der Waals surface area (Å²) in [6.07, 6.45) is -8.43. The van der Waals surface area contributed by atoms with Crippen LogP contribution in [0.4, 0.5) is 26.3 Å². The second kappa shape index (κ2) is 7.57. The van der Waals surface area contributed by atoms with E-state index in [0.29, 0.717) is 17.4 Å². The third-order valence-electron chi connectivity index (χ3n) is 3.25. The van der Waals surface area contributed by atoms with Crippen molar-refractivity contribution in [3.8, 4) is 0 Å². The number of hydrogen-bond donors (Lipinski definition) is 1. The van der Waals surface area contributed by atoms with Crippen molar-refractivity contribution in [1.82, 2.24) is 14.7 Å². The maximum Gasteiger partial charge on any atom is 0.443 e. The largest absolute Gasteiger partial charge is 0.598 e. The number of hydrogen-bond acceptors (Lipinski definition) is 5. The van der Waals surface area contributed by atoms with E-state index in [9.17, 15) is 30.9 Å². The van der Waals surface area contributed by atoms with Crippen LogP contribution in [-0.4, -0.2) is 19.3 Å². The van der Waals surface area contributed by atoms with Gasteiger partial charge in [0.05, 0.1) is 5.69 Å². The molecule has 0 radical (unpaired) electrons. The Morgan fingerprint density at radius 3 is 2.11 bits per heavy atom. The Morgan fingerprint density at radius 1 is 1.07 bits per heavy atom. The van der Waals surface area contributed by atoms with Crippen molar-refractivity contribution in [2.45, 2.75) is 43.9 Å². The Balaban J connectivity index is 2.42. The van der Waals surface area contributed by atoms with E-state index in [1.165, 1.54) is 0 Å². The van der Waals surface area contributed by atoms with Gasteiger partial charge in [0.1, 0.15) is 16.5 Å². The quantitative estimate of drug-likeness (QED) is 0.562. The SMILES string of the molecule is CC(C)(C)[S+]([O-])NC(c1ccc(C(F)(F)F)nc1)c1csc(C(F)(F)F)n1. The molecular formula is C15H15F6N3OS2. The van der Waals surface area contributed by atoms with Crippen LogP contribution in [0.5, 0.6) is 0 Å². The molecule has 0 fully saturated rings. The van der Waals surface area contributed by atoms with Crippen molar-refractivity contribution < 1.29 is 30.9 Å². The van der Waals surface area contributed by atoms with Gasteiger partial charge in [-0.2, -0.15) is 26.3 Å². The maximum absolute atomic E-state index is 12.8. The molecule has 0 saturated carbocycles. The lowest BCUT2D eigenvalue weighted by molar-refractivity contribution is -0.141. The number of thiazole rings is 1. The van der Waals surface area contributed by atoms with Crippen LogP contribution in [0, 0.1) is 0 Å². The van der Waals surface area contributed by atoms with Crippen LogP contribution in [0.15, 0.2) is 23.7 Å². The van der Waals surface area contributed by atoms with Crippen LogP contribution in [0.2, 0.25) is 0 Å². The van der Waals surface area contributed by atoms with E-state index in [2.05, 4.69) is 14.7 Å². The number of aromatic nitrogens is 2. The van der Waals surface area contributed by atoms with Gasteiger partial charge in [-0.15, -0.1) is 16.1 Å². The zero-order chi connectivity index (χ0) is 20.6. The molecular weight excluding hydrogens is 416 g/mol. The van der Waals surface area contributed by atoms with Crippen molar-refractivity contribution in [2.75, 3.05) is 0 Å². The smallest absolute Gasteiger partial charge is 0.443 e. The van der Waals surface area contributed by atoms with Crippen LogP contribution >= 0.6 is 11.3 Å². The number of rotatable bonds is 4. The normalized spacial score (nSPS) is 15.6. The molecule has 2 aromatic heterocycles. The highest BCUT2D eigenvalue weighted by Gasteiger charge is 2.38. The van der Waals surface area contributed by atoms with E-state index in [1.54, 1.807) is 20.8 Å². The first-order valence-electron chi connectivity index (χ1n) is 7.43. The number of halogens is 6. The van der Waals surface area contributed by atoms with Crippen molar-refractivity contribution in [3.05, 3.63) is 45.7 Å². The lowest BCUT2D eigenvalue weighted by Crippen LogP contribution is -2.41. The van der Waals surface area contributed by atoms with Crippen molar-refractivity contribution in [3.63, 3.8) is 0 Å². The number of nitrogens with zero attached hydrogens (tertiary/aromatic N) is 2. The summed E-state index contributed by atoms with van der Waals surface area (Å²) in [6.45, 7) is 4.92. The van der Waals surface area contributed by atoms with Gasteiger partial charge in [0.15, 0.2) is 5.01 Å². The predicted molar refractivity (Wildman–Crippen MR) is 89.2 cm³/mol. The molecule has 4 nitrogen and oxygen atoms in total. The van der Waals surface area contributed by atoms with Crippen molar-refractivity contribution in [2.24, 2.45) is 0 Å². The lowest BCUT2D eigenvalue weighted by atomic mass is 10.1. The Kier molecular flexibility index (Phi) is 6.15. The molecule has 0 saturated heterocycles. The van der Waals surface area contributed by atoms with Gasteiger partial charge in [-0.25, -0.2) is 4.98 Å². The summed E-state index contributed by atoms with van der Waals surface area (Å²) < 4.78 is 90.8. The highest BCUT2D eigenvalue weighted by atomic mass is 32.2. The monoisotopic (exact) mass is 431 g/mol. The molecule has 0 spiro atoms. The minimum Gasteiger partial charge on any atom is -0.598 e. The molecule has 0 aliphatic carbocycles. The summed E-state index contributed by atoms with van der Waals surface area (Å²) in [5.41, 5.74) is -1.14. The minimum absolute atomic E-state index is 0.105. The average molecular weight is 431 g/mol. The number of pyridine rings is 1. The van der Waals surface area contributed by atoms with Crippen LogP contribution in [0.3, 0.4) is 0 Å². The van der Waals surface area contributed by atoms with E-state index in [-0.39, 0.29) is 11.3 Å². The van der Waals surface area contributed by atoms with E-state index in [4.69, 9.17) is 0 Å². The topological polar surface area (TPSA) is 60.9 Å². The Hall–Kier alpha value is -1.37. The van der Waals surface area contributed by atoms with Gasteiger partial charge < -0.3 is 4.55 Å². The highest BCUT2D eigenvalue weighted by molar-refractivity contribution is 7.90. The lowest BCUT2D eigenvalue weighted by Gasteiger charge is -2.27. The van der Waals surface area contributed by atoms with Gasteiger partial charge in [-0.3, -0.25) is 4.98 Å². The standard InChI is InChI=1S/C15H15F6N3OS2/c1-13(2,3)27(25)24-11(9-7-26-12(23-9)15(19,20)21)8-4-5-10(22-6-8)14(16,17)18/h4-7,11,24H,1-3H3. The van der Waals surface area contributed by atoms with Crippen LogP contribution < -0.4 is 4.72 Å². The number of alkyl halides is 6. The highest BCUT2D eigenvalue weighted by Crippen LogP contribution is 2.35. The van der Waals surface area contributed by atoms with E-state index < -0.39 is 45.2 Å². The first-order valence-corrected chi connectivity index (χ1v) is 9.46. The summed E-state index contributed by atoms with van der Waals surface area (Å²) in [5, 5.41) is 0.0172. The van der Waals surface area contributed by atoms with Gasteiger partial charge >= 0.3 is 12.4 Å². The minimum atomic E-state index is -4.66. The third-order valence-corrected chi connectivity index (χ3v) is 5.72. The molecule has 12 heteroatoms. The molecule has 2 aromatic rings. The van der Waals surface area contributed by atoms with E-state index >= 15 is 0 Å². The molecule has 27 heavy (non-hydrogen) atoms. The molecule has 0 aromatic carbocycles. The molecule has 2 rings (SSSR count). The first-order chi connectivity index (χ1) is 12.2. The second-order valence-corrected chi connectivity index (χ2v) is 9.34. The van der Waals surface area contributed by atoms with Gasteiger partial charge in [0, 0.05) is 22.9 Å². The summed E-state index contributed by atoms with van der Waals surface area (Å²) >= 11 is -1.37. The van der Waals surface area contributed by atoms with Crippen LogP contribution in [-0.2, 0) is 23.7 Å². The van der Waals surface area contributed by atoms with Crippen LogP contribution in [0.1, 0.15) is 48.8 Å². The number of nitrogens with one attached hydrogen (secondary N) is 1. The summed E-state index contributed by atoms with van der Waals surface area (Å²) in [6, 6.07) is 0.660. The summed E-state index contributed by atoms with van der Waals surface area (Å²) in [5.74, 6) is 0. The van der Waals surface area contributed by atoms with Gasteiger partial charge in [-0.1, -0.05) is 6.07 Å². The Labute approximate surface area is 158 Å². The third kappa shape index (κ3) is 5.56. The first kappa shape index (κ1) is 21.9. The fraction of sp³-hybridized carbons (Fsp3) is 0.467. The van der Waals surface area contributed by atoms with E-state index in [1.807, 2.05) is 0 Å². The van der Waals surface area contributed by atoms with Gasteiger partial charge in [-0.05, 0) is 32.4 Å². The Morgan fingerprint density at radius 2 is 1.70 bits per heavy atom. The van der Waals surface area contributed by atoms with Crippen molar-refractivity contribution >= 4 is 22.7 Å². The zero-order valence-electron chi connectivity index (χ0n) is 14.3. The van der Waals surface area contributed by atoms with Gasteiger partial charge in [0.25, 0.3) is 0 Å². The van der Waals surface area contributed by atoms with Gasteiger partial charge in [0.2, 0.25) is 0 Å². The summed E-state index contributed by atoms with van der Waals surface area (Å²) in [7, 11) is 0. The molecule has 0 amide bonds. The fourth-order valence-electron chi connectivity index (χ4n) is 1.88. The molecule has 1 N–H and O–H groups in total. The summed E-state index contributed by atoms with van der Waals surface area (Å²) in [4.78, 5) is 6.82. The predicted octanol–water partition coefficient (Wildman–Crippen LogP) is 4.72. The van der Waals surface area contributed by atoms with Crippen LogP contribution in [0.25, 0.3) is 0 Å². The zero-order valence-corrected chi connectivity index (χ0v) is 15.9. The molecule has 2 unspecified atom stereocenters. The molecule has 2 heterocycles. The fourth-order valence-corrected chi connectivity index (χ4v) is 3.41. The maximum atomic E-state index is 12.8. The Bertz CT molecular complexity index is 768. The average Bonchev–Trinajstić information content (AvgIpc) is 3.00. The second-order valence-electron chi connectivity index (χ2n) is 6.48. The van der Waals surface area contributed by atoms with Crippen molar-refractivity contribution in [1.29, 1.82) is 0 Å². The molecule has 2 atom stereocenters.